The number of esters is 1. The maximum Gasteiger partial charge on any atom is 0.323 e. The van der Waals surface area contributed by atoms with Crippen molar-refractivity contribution >= 4 is 17.4 Å². The lowest BCUT2D eigenvalue weighted by Gasteiger charge is -2.32. The number of hydrogen-bond acceptors (Lipinski definition) is 8. The number of benzene rings is 1. The molecule has 3 aliphatic heterocycles. The van der Waals surface area contributed by atoms with Crippen LogP contribution in [0.25, 0.3) is 5.70 Å². The summed E-state index contributed by atoms with van der Waals surface area (Å²) >= 11 is 0. The molecule has 1 aromatic carbocycles. The zero-order valence-electron chi connectivity index (χ0n) is 19.2. The second-order valence-electron chi connectivity index (χ2n) is 9.33. The standard InChI is InChI=1S/C25H34N4O4/c1-2-33-25(30)22-10-8-20(14-26-22)27-19-7-9-21-18(12-19)15-32-11-3-4-17-13-23(16-5-6-16)28-29(31)24(17)21/h7,9,12-13,16,20,22,26-28,31H,2-6,8,10-11,14-15H2,1H3/t20-,22+/m1/s1. The van der Waals surface area contributed by atoms with Crippen LogP contribution < -0.4 is 16.1 Å². The molecule has 33 heavy (non-hydrogen) atoms. The first-order valence-corrected chi connectivity index (χ1v) is 12.2. The normalized spacial score (nSPS) is 25.5. The lowest BCUT2D eigenvalue weighted by molar-refractivity contribution is -0.146. The SMILES string of the molecule is CCOC(=O)[C@@H]1CC[C@@H](Nc2ccc3c(c2)COCCCC2=C3N(O)NC(C3CC3)=C2)CN1. The zero-order valence-corrected chi connectivity index (χ0v) is 19.2. The molecule has 8 nitrogen and oxygen atoms in total. The molecule has 0 unspecified atom stereocenters. The largest absolute Gasteiger partial charge is 0.465 e. The van der Waals surface area contributed by atoms with Gasteiger partial charge in [-0.2, -0.15) is 5.17 Å². The fourth-order valence-electron chi connectivity index (χ4n) is 4.92. The Bertz CT molecular complexity index is 948. The van der Waals surface area contributed by atoms with E-state index in [0.29, 0.717) is 32.3 Å². The molecule has 3 heterocycles. The molecule has 1 aromatic rings. The Morgan fingerprint density at radius 2 is 2.18 bits per heavy atom. The number of carbonyl (C=O) groups is 1. The molecule has 5 rings (SSSR count). The van der Waals surface area contributed by atoms with Crippen LogP contribution >= 0.6 is 0 Å². The van der Waals surface area contributed by atoms with Crippen LogP contribution in [0.4, 0.5) is 5.69 Å². The van der Waals surface area contributed by atoms with E-state index in [1.54, 1.807) is 0 Å². The number of nitrogens with zero attached hydrogens (tertiary/aromatic N) is 1. The minimum atomic E-state index is -0.218. The van der Waals surface area contributed by atoms with Gasteiger partial charge >= 0.3 is 5.97 Å². The number of rotatable bonds is 5. The number of hydrazine groups is 1. The average Bonchev–Trinajstić information content (AvgIpc) is 3.65. The Morgan fingerprint density at radius 3 is 2.94 bits per heavy atom. The van der Waals surface area contributed by atoms with Gasteiger partial charge in [-0.25, -0.2) is 0 Å². The number of carbonyl (C=O) groups excluding carboxylic acids is 1. The molecule has 1 aliphatic carbocycles. The molecule has 178 valence electrons. The minimum absolute atomic E-state index is 0.164. The van der Waals surface area contributed by atoms with Gasteiger partial charge in [0.05, 0.1) is 18.9 Å². The fraction of sp³-hybridized carbons (Fsp3) is 0.560. The number of fused-ring (bicyclic) bond motifs is 2. The third-order valence-electron chi connectivity index (χ3n) is 6.81. The molecule has 4 N–H and O–H groups in total. The molecule has 1 saturated carbocycles. The maximum absolute atomic E-state index is 12.0. The number of ether oxygens (including phenoxy) is 2. The number of nitrogens with one attached hydrogen (secondary N) is 3. The highest BCUT2D eigenvalue weighted by molar-refractivity contribution is 5.76. The number of hydrogen-bond donors (Lipinski definition) is 4. The summed E-state index contributed by atoms with van der Waals surface area (Å²) in [4.78, 5) is 12.0. The van der Waals surface area contributed by atoms with Crippen molar-refractivity contribution < 1.29 is 19.5 Å². The molecule has 2 atom stereocenters. The summed E-state index contributed by atoms with van der Waals surface area (Å²) in [7, 11) is 0. The molecule has 0 radical (unpaired) electrons. The van der Waals surface area contributed by atoms with Crippen LogP contribution in [0.5, 0.6) is 0 Å². The molecule has 0 aromatic heterocycles. The molecule has 0 amide bonds. The van der Waals surface area contributed by atoms with Gasteiger partial charge in [0.1, 0.15) is 6.04 Å². The molecule has 1 saturated heterocycles. The quantitative estimate of drug-likeness (QED) is 0.504. The fourth-order valence-corrected chi connectivity index (χ4v) is 4.92. The Labute approximate surface area is 194 Å². The van der Waals surface area contributed by atoms with Gasteiger partial charge in [0.25, 0.3) is 0 Å². The van der Waals surface area contributed by atoms with Crippen molar-refractivity contribution in [2.24, 2.45) is 5.92 Å². The smallest absolute Gasteiger partial charge is 0.323 e. The molecule has 8 heteroatoms. The highest BCUT2D eigenvalue weighted by Gasteiger charge is 2.32. The van der Waals surface area contributed by atoms with Crippen molar-refractivity contribution in [1.82, 2.24) is 15.9 Å². The lowest BCUT2D eigenvalue weighted by atomic mass is 9.95. The van der Waals surface area contributed by atoms with E-state index in [1.165, 1.54) is 18.0 Å². The summed E-state index contributed by atoms with van der Waals surface area (Å²) in [6.07, 6.45) is 8.04. The summed E-state index contributed by atoms with van der Waals surface area (Å²) in [6.45, 7) is 4.14. The van der Waals surface area contributed by atoms with E-state index in [2.05, 4.69) is 40.3 Å². The molecule has 0 bridgehead atoms. The second kappa shape index (κ2) is 9.75. The van der Waals surface area contributed by atoms with E-state index >= 15 is 0 Å². The van der Waals surface area contributed by atoms with E-state index in [9.17, 15) is 10.0 Å². The van der Waals surface area contributed by atoms with Crippen LogP contribution in [0.15, 0.2) is 35.5 Å². The summed E-state index contributed by atoms with van der Waals surface area (Å²) < 4.78 is 11.1. The van der Waals surface area contributed by atoms with Crippen molar-refractivity contribution in [2.45, 2.75) is 64.1 Å². The third kappa shape index (κ3) is 5.03. The zero-order chi connectivity index (χ0) is 22.8. The highest BCUT2D eigenvalue weighted by atomic mass is 16.5. The second-order valence-corrected chi connectivity index (χ2v) is 9.33. The summed E-state index contributed by atoms with van der Waals surface area (Å²) in [5, 5.41) is 19.0. The minimum Gasteiger partial charge on any atom is -0.465 e. The van der Waals surface area contributed by atoms with E-state index in [1.807, 2.05) is 6.92 Å². The average molecular weight is 455 g/mol. The van der Waals surface area contributed by atoms with Crippen molar-refractivity contribution in [3.63, 3.8) is 0 Å². The first kappa shape index (κ1) is 22.3. The van der Waals surface area contributed by atoms with Gasteiger partial charge in [-0.1, -0.05) is 6.07 Å². The molecular weight excluding hydrogens is 420 g/mol. The molecular formula is C25H34N4O4. The van der Waals surface area contributed by atoms with Crippen LogP contribution in [0.2, 0.25) is 0 Å². The van der Waals surface area contributed by atoms with Crippen LogP contribution in [0.3, 0.4) is 0 Å². The van der Waals surface area contributed by atoms with Gasteiger partial charge in [0.2, 0.25) is 0 Å². The van der Waals surface area contributed by atoms with E-state index in [4.69, 9.17) is 9.47 Å². The highest BCUT2D eigenvalue weighted by Crippen LogP contribution is 2.40. The van der Waals surface area contributed by atoms with Crippen LogP contribution in [-0.2, 0) is 20.9 Å². The monoisotopic (exact) mass is 454 g/mol. The summed E-state index contributed by atoms with van der Waals surface area (Å²) in [5.41, 5.74) is 9.33. The Kier molecular flexibility index (Phi) is 6.57. The van der Waals surface area contributed by atoms with Crippen LogP contribution in [0.1, 0.15) is 56.6 Å². The summed E-state index contributed by atoms with van der Waals surface area (Å²) in [5.74, 6) is 0.374. The van der Waals surface area contributed by atoms with Crippen LogP contribution in [-0.4, -0.2) is 48.2 Å². The van der Waals surface area contributed by atoms with Gasteiger partial charge < -0.3 is 20.1 Å². The number of allylic oxidation sites excluding steroid dienone is 3. The van der Waals surface area contributed by atoms with Gasteiger partial charge in [0.15, 0.2) is 0 Å². The van der Waals surface area contributed by atoms with Crippen molar-refractivity contribution in [1.29, 1.82) is 0 Å². The number of hydroxylamine groups is 1. The first-order chi connectivity index (χ1) is 16.1. The van der Waals surface area contributed by atoms with E-state index in [0.717, 1.165) is 59.5 Å². The first-order valence-electron chi connectivity index (χ1n) is 12.2. The Morgan fingerprint density at radius 1 is 1.30 bits per heavy atom. The predicted molar refractivity (Wildman–Crippen MR) is 125 cm³/mol. The van der Waals surface area contributed by atoms with Crippen molar-refractivity contribution in [3.8, 4) is 0 Å². The predicted octanol–water partition coefficient (Wildman–Crippen LogP) is 3.31. The van der Waals surface area contributed by atoms with Gasteiger partial charge in [-0.15, -0.1) is 0 Å². The van der Waals surface area contributed by atoms with Crippen LogP contribution in [0, 0.1) is 5.92 Å². The third-order valence-corrected chi connectivity index (χ3v) is 6.81. The van der Waals surface area contributed by atoms with Gasteiger partial charge in [-0.3, -0.25) is 15.4 Å². The lowest BCUT2D eigenvalue weighted by Crippen LogP contribution is -2.48. The molecule has 2 fully saturated rings. The van der Waals surface area contributed by atoms with Gasteiger partial charge in [-0.05, 0) is 74.8 Å². The number of piperidine rings is 1. The Balaban J connectivity index is 1.33. The van der Waals surface area contributed by atoms with E-state index < -0.39 is 0 Å². The molecule has 4 aliphatic rings. The maximum atomic E-state index is 12.0. The van der Waals surface area contributed by atoms with Crippen molar-refractivity contribution in [2.75, 3.05) is 25.1 Å². The number of anilines is 1. The topological polar surface area (TPSA) is 95.1 Å². The van der Waals surface area contributed by atoms with E-state index in [-0.39, 0.29) is 18.1 Å². The van der Waals surface area contributed by atoms with Crippen molar-refractivity contribution in [3.05, 3.63) is 46.7 Å². The van der Waals surface area contributed by atoms with Gasteiger partial charge in [0, 0.05) is 42.1 Å². The Hall–Kier alpha value is -2.55. The molecule has 0 spiro atoms. The summed E-state index contributed by atoms with van der Waals surface area (Å²) in [6, 6.07) is 6.27.